The number of hydrogen-bond acceptors (Lipinski definition) is 7. The average molecular weight is 444 g/mol. The third kappa shape index (κ3) is 3.93. The molecular weight excluding hydrogens is 433 g/mol. The van der Waals surface area contributed by atoms with Gasteiger partial charge in [0.2, 0.25) is 5.76 Å². The molecule has 0 aliphatic carbocycles. The van der Waals surface area contributed by atoms with Gasteiger partial charge in [-0.3, -0.25) is 19.7 Å². The summed E-state index contributed by atoms with van der Waals surface area (Å²) in [6.07, 6.45) is 0. The van der Waals surface area contributed by atoms with Gasteiger partial charge in [-0.25, -0.2) is 0 Å². The van der Waals surface area contributed by atoms with E-state index >= 15 is 0 Å². The Morgan fingerprint density at radius 1 is 1.32 bits per heavy atom. The highest BCUT2D eigenvalue weighted by molar-refractivity contribution is 7.16. The van der Waals surface area contributed by atoms with E-state index in [-0.39, 0.29) is 33.8 Å². The van der Waals surface area contributed by atoms with Crippen LogP contribution in [-0.4, -0.2) is 28.0 Å². The lowest BCUT2D eigenvalue weighted by atomic mass is 10.3. The summed E-state index contributed by atoms with van der Waals surface area (Å²) in [6, 6.07) is 5.46. The van der Waals surface area contributed by atoms with Crippen molar-refractivity contribution in [2.45, 2.75) is 13.5 Å². The monoisotopic (exact) mass is 443 g/mol. The number of rotatable bonds is 5. The van der Waals surface area contributed by atoms with Crippen molar-refractivity contribution < 1.29 is 23.7 Å². The molecule has 2 heterocycles. The Labute approximate surface area is 170 Å². The number of nitro groups is 1. The molecule has 12 heteroatoms. The fraction of sp³-hybridized carbons (Fsp3) is 0.188. The highest BCUT2D eigenvalue weighted by atomic mass is 35.5. The topological polar surface area (TPSA) is 117 Å². The van der Waals surface area contributed by atoms with Crippen LogP contribution in [0.15, 0.2) is 33.7 Å². The standard InChI is InChI=1S/C16H11Cl2N3O6S/c1-2-26-12(22)7-20-14-10(5-3-8(17)13(14)18)28-16(20)19-15(23)9-4-6-11(27-9)21(24)25/h3-6H,2,7H2,1H3. The van der Waals surface area contributed by atoms with Gasteiger partial charge in [0.25, 0.3) is 0 Å². The van der Waals surface area contributed by atoms with E-state index in [1.54, 1.807) is 19.1 Å². The van der Waals surface area contributed by atoms with Crippen molar-refractivity contribution in [2.24, 2.45) is 4.99 Å². The zero-order valence-electron chi connectivity index (χ0n) is 14.2. The van der Waals surface area contributed by atoms with Gasteiger partial charge >= 0.3 is 17.8 Å². The Bertz CT molecular complexity index is 1160. The van der Waals surface area contributed by atoms with Crippen LogP contribution in [0.25, 0.3) is 10.2 Å². The van der Waals surface area contributed by atoms with E-state index in [9.17, 15) is 19.7 Å². The first-order valence-corrected chi connectivity index (χ1v) is 9.35. The number of ether oxygens (including phenoxy) is 1. The van der Waals surface area contributed by atoms with Crippen LogP contribution in [0.1, 0.15) is 17.5 Å². The van der Waals surface area contributed by atoms with Crippen LogP contribution in [0.5, 0.6) is 0 Å². The number of esters is 1. The van der Waals surface area contributed by atoms with Crippen molar-refractivity contribution in [2.75, 3.05) is 6.61 Å². The van der Waals surface area contributed by atoms with Crippen molar-refractivity contribution >= 4 is 62.5 Å². The highest BCUT2D eigenvalue weighted by Gasteiger charge is 2.19. The van der Waals surface area contributed by atoms with E-state index in [0.717, 1.165) is 23.5 Å². The van der Waals surface area contributed by atoms with Crippen LogP contribution in [0, 0.1) is 10.1 Å². The summed E-state index contributed by atoms with van der Waals surface area (Å²) in [5.74, 6) is -2.29. The fourth-order valence-corrected chi connectivity index (χ4v) is 3.87. The van der Waals surface area contributed by atoms with Crippen LogP contribution in [0.4, 0.5) is 5.88 Å². The van der Waals surface area contributed by atoms with Crippen molar-refractivity contribution in [1.29, 1.82) is 0 Å². The molecule has 0 fully saturated rings. The third-order valence-corrected chi connectivity index (χ3v) is 5.34. The lowest BCUT2D eigenvalue weighted by molar-refractivity contribution is -0.402. The lowest BCUT2D eigenvalue weighted by Gasteiger charge is -2.06. The normalized spacial score (nSPS) is 11.8. The Kier molecular flexibility index (Phi) is 5.82. The van der Waals surface area contributed by atoms with Gasteiger partial charge in [0, 0.05) is 0 Å². The first-order valence-electron chi connectivity index (χ1n) is 7.78. The summed E-state index contributed by atoms with van der Waals surface area (Å²) >= 11 is 13.4. The van der Waals surface area contributed by atoms with E-state index in [0.29, 0.717) is 10.2 Å². The quantitative estimate of drug-likeness (QED) is 0.336. The second-order valence-corrected chi connectivity index (χ2v) is 7.09. The SMILES string of the molecule is CCOC(=O)Cn1c(=NC(=O)c2ccc([N+](=O)[O-])o2)sc2ccc(Cl)c(Cl)c21. The molecule has 0 saturated heterocycles. The average Bonchev–Trinajstić information content (AvgIpc) is 3.25. The predicted molar refractivity (Wildman–Crippen MR) is 102 cm³/mol. The number of carbonyl (C=O) groups excluding carboxylic acids is 2. The molecule has 3 aromatic rings. The molecule has 146 valence electrons. The van der Waals surface area contributed by atoms with Gasteiger partial charge in [0.05, 0.1) is 32.9 Å². The molecule has 1 amide bonds. The lowest BCUT2D eigenvalue weighted by Crippen LogP contribution is -2.23. The molecule has 28 heavy (non-hydrogen) atoms. The number of thiazole rings is 1. The van der Waals surface area contributed by atoms with Crippen LogP contribution < -0.4 is 4.80 Å². The van der Waals surface area contributed by atoms with E-state index in [1.165, 1.54) is 4.57 Å². The van der Waals surface area contributed by atoms with Gasteiger partial charge in [0.15, 0.2) is 4.80 Å². The number of hydrogen-bond donors (Lipinski definition) is 0. The summed E-state index contributed by atoms with van der Waals surface area (Å²) in [7, 11) is 0. The summed E-state index contributed by atoms with van der Waals surface area (Å²) in [6.45, 7) is 1.59. The van der Waals surface area contributed by atoms with Crippen LogP contribution in [-0.2, 0) is 16.1 Å². The highest BCUT2D eigenvalue weighted by Crippen LogP contribution is 2.32. The number of carbonyl (C=O) groups is 2. The van der Waals surface area contributed by atoms with E-state index < -0.39 is 22.7 Å². The van der Waals surface area contributed by atoms with E-state index in [2.05, 4.69) is 4.99 Å². The zero-order chi connectivity index (χ0) is 20.4. The zero-order valence-corrected chi connectivity index (χ0v) is 16.5. The van der Waals surface area contributed by atoms with E-state index in [4.69, 9.17) is 32.4 Å². The number of aromatic nitrogens is 1. The first kappa shape index (κ1) is 20.1. The Morgan fingerprint density at radius 2 is 2.07 bits per heavy atom. The molecule has 9 nitrogen and oxygen atoms in total. The van der Waals surface area contributed by atoms with Gasteiger partial charge < -0.3 is 13.7 Å². The Hall–Kier alpha value is -2.69. The van der Waals surface area contributed by atoms with Crippen molar-refractivity contribution in [3.05, 3.63) is 55.0 Å². The molecule has 0 unspecified atom stereocenters. The van der Waals surface area contributed by atoms with Crippen LogP contribution >= 0.6 is 34.5 Å². The molecule has 0 saturated carbocycles. The number of furan rings is 1. The van der Waals surface area contributed by atoms with E-state index in [1.807, 2.05) is 0 Å². The minimum Gasteiger partial charge on any atom is -0.465 e. The summed E-state index contributed by atoms with van der Waals surface area (Å²) < 4.78 is 11.9. The largest absolute Gasteiger partial charge is 0.465 e. The molecule has 0 atom stereocenters. The van der Waals surface area contributed by atoms with Crippen molar-refractivity contribution in [1.82, 2.24) is 4.57 Å². The first-order chi connectivity index (χ1) is 13.3. The summed E-state index contributed by atoms with van der Waals surface area (Å²) in [5, 5.41) is 11.2. The minimum absolute atomic E-state index is 0.135. The summed E-state index contributed by atoms with van der Waals surface area (Å²) in [5.41, 5.74) is 0.421. The van der Waals surface area contributed by atoms with Gasteiger partial charge in [-0.1, -0.05) is 34.5 Å². The Morgan fingerprint density at radius 3 is 2.71 bits per heavy atom. The number of fused-ring (bicyclic) bond motifs is 1. The molecule has 0 aliphatic rings. The van der Waals surface area contributed by atoms with Crippen LogP contribution in [0.3, 0.4) is 0 Å². The maximum absolute atomic E-state index is 12.4. The van der Waals surface area contributed by atoms with Gasteiger partial charge in [-0.05, 0) is 25.1 Å². The summed E-state index contributed by atoms with van der Waals surface area (Å²) in [4.78, 5) is 38.4. The second kappa shape index (κ2) is 8.13. The molecule has 0 aliphatic heterocycles. The van der Waals surface area contributed by atoms with Crippen molar-refractivity contribution in [3.8, 4) is 0 Å². The minimum atomic E-state index is -0.848. The van der Waals surface area contributed by atoms with Crippen molar-refractivity contribution in [3.63, 3.8) is 0 Å². The molecule has 0 spiro atoms. The number of halogens is 2. The molecule has 0 bridgehead atoms. The predicted octanol–water partition coefficient (Wildman–Crippen LogP) is 3.82. The van der Waals surface area contributed by atoms with Gasteiger partial charge in [-0.15, -0.1) is 0 Å². The molecule has 2 aromatic heterocycles. The number of amides is 1. The number of nitrogens with zero attached hydrogens (tertiary/aromatic N) is 3. The molecular formula is C16H11Cl2N3O6S. The third-order valence-electron chi connectivity index (χ3n) is 3.51. The smallest absolute Gasteiger partial charge is 0.433 e. The number of benzene rings is 1. The van der Waals surface area contributed by atoms with Crippen LogP contribution in [0.2, 0.25) is 10.0 Å². The molecule has 0 N–H and O–H groups in total. The van der Waals surface area contributed by atoms with Gasteiger partial charge in [0.1, 0.15) is 11.5 Å². The second-order valence-electron chi connectivity index (χ2n) is 5.30. The maximum Gasteiger partial charge on any atom is 0.433 e. The molecule has 0 radical (unpaired) electrons. The molecule has 3 rings (SSSR count). The molecule has 1 aromatic carbocycles. The maximum atomic E-state index is 12.4. The Balaban J connectivity index is 2.14. The van der Waals surface area contributed by atoms with Gasteiger partial charge in [-0.2, -0.15) is 4.99 Å². The fourth-order valence-electron chi connectivity index (χ4n) is 2.35.